The molecular formula is C31H32N2O6. The summed E-state index contributed by atoms with van der Waals surface area (Å²) in [6, 6.07) is 15.6. The smallest absolute Gasteiger partial charge is 0.338 e. The van der Waals surface area contributed by atoms with Crippen LogP contribution in [0.5, 0.6) is 5.75 Å². The molecule has 4 rings (SSSR count). The second-order valence-electron chi connectivity index (χ2n) is 9.79. The molecule has 0 spiro atoms. The molecule has 1 aliphatic heterocycles. The van der Waals surface area contributed by atoms with Crippen LogP contribution in [0.4, 0.5) is 5.69 Å². The number of aliphatic hydroxyl groups is 1. The van der Waals surface area contributed by atoms with Gasteiger partial charge in [-0.15, -0.1) is 0 Å². The van der Waals surface area contributed by atoms with E-state index in [4.69, 9.17) is 9.47 Å². The van der Waals surface area contributed by atoms with Gasteiger partial charge < -0.3 is 14.6 Å². The molecule has 0 aliphatic carbocycles. The Kier molecular flexibility index (Phi) is 8.44. The Morgan fingerprint density at radius 1 is 1.05 bits per heavy atom. The summed E-state index contributed by atoms with van der Waals surface area (Å²) in [6.45, 7) is 8.72. The Hall–Kier alpha value is -4.46. The number of carbonyl (C=O) groups excluding carboxylic acids is 3. The highest BCUT2D eigenvalue weighted by Gasteiger charge is 2.47. The van der Waals surface area contributed by atoms with Crippen LogP contribution in [0.3, 0.4) is 0 Å². The van der Waals surface area contributed by atoms with Crippen LogP contribution in [0.15, 0.2) is 72.4 Å². The quantitative estimate of drug-likeness (QED) is 0.166. The number of ketones is 1. The molecule has 39 heavy (non-hydrogen) atoms. The number of rotatable bonds is 9. The van der Waals surface area contributed by atoms with Crippen LogP contribution in [-0.2, 0) is 14.3 Å². The largest absolute Gasteiger partial charge is 0.507 e. The minimum absolute atomic E-state index is 0.0691. The molecule has 1 saturated heterocycles. The van der Waals surface area contributed by atoms with E-state index in [1.807, 2.05) is 13.8 Å². The fourth-order valence-electron chi connectivity index (χ4n) is 4.32. The van der Waals surface area contributed by atoms with E-state index >= 15 is 0 Å². The number of aromatic nitrogens is 1. The Morgan fingerprint density at radius 3 is 2.38 bits per heavy atom. The lowest BCUT2D eigenvalue weighted by molar-refractivity contribution is -0.132. The van der Waals surface area contributed by atoms with Crippen molar-refractivity contribution in [2.24, 2.45) is 5.92 Å². The number of nitrogens with zero attached hydrogens (tertiary/aromatic N) is 2. The molecule has 1 N–H and O–H groups in total. The van der Waals surface area contributed by atoms with Gasteiger partial charge in [0.25, 0.3) is 11.7 Å². The van der Waals surface area contributed by atoms with Gasteiger partial charge in [0.15, 0.2) is 0 Å². The third-order valence-electron chi connectivity index (χ3n) is 6.25. The van der Waals surface area contributed by atoms with Crippen molar-refractivity contribution in [3.8, 4) is 5.75 Å². The second-order valence-corrected chi connectivity index (χ2v) is 9.79. The third-order valence-corrected chi connectivity index (χ3v) is 6.25. The summed E-state index contributed by atoms with van der Waals surface area (Å²) in [5.74, 6) is -1.37. The highest BCUT2D eigenvalue weighted by Crippen LogP contribution is 2.41. The van der Waals surface area contributed by atoms with Crippen molar-refractivity contribution in [3.05, 3.63) is 94.8 Å². The first-order chi connectivity index (χ1) is 18.7. The molecule has 0 radical (unpaired) electrons. The maximum atomic E-state index is 13.4. The van der Waals surface area contributed by atoms with Crippen molar-refractivity contribution in [2.45, 2.75) is 40.2 Å². The molecule has 0 bridgehead atoms. The van der Waals surface area contributed by atoms with Crippen molar-refractivity contribution in [1.82, 2.24) is 4.98 Å². The molecule has 8 nitrogen and oxygen atoms in total. The minimum Gasteiger partial charge on any atom is -0.507 e. The first kappa shape index (κ1) is 27.6. The van der Waals surface area contributed by atoms with E-state index in [0.29, 0.717) is 53.8 Å². The van der Waals surface area contributed by atoms with E-state index in [-0.39, 0.29) is 11.3 Å². The predicted molar refractivity (Wildman–Crippen MR) is 148 cm³/mol. The van der Waals surface area contributed by atoms with E-state index in [2.05, 4.69) is 18.8 Å². The first-order valence-electron chi connectivity index (χ1n) is 13.0. The fourth-order valence-corrected chi connectivity index (χ4v) is 4.32. The number of anilines is 1. The maximum Gasteiger partial charge on any atom is 0.338 e. The summed E-state index contributed by atoms with van der Waals surface area (Å²) in [6.07, 6.45) is 2.26. The van der Waals surface area contributed by atoms with E-state index < -0.39 is 23.7 Å². The number of carbonyl (C=O) groups is 3. The Labute approximate surface area is 227 Å². The molecule has 1 aromatic heterocycles. The molecule has 1 aliphatic rings. The summed E-state index contributed by atoms with van der Waals surface area (Å²) in [4.78, 5) is 44.7. The monoisotopic (exact) mass is 528 g/mol. The standard InChI is InChI=1S/C31H32N2O6/c1-5-16-38-31(37)21-9-12-23(13-10-21)33-27(24-8-6-7-15-32-24)26(29(35)30(33)36)28(34)22-11-14-25(20(4)17-22)39-18-19(2)3/h6-15,17,19,27,34H,5,16,18H2,1-4H3/b28-26-. The number of pyridine rings is 1. The van der Waals surface area contributed by atoms with Gasteiger partial charge in [-0.2, -0.15) is 0 Å². The van der Waals surface area contributed by atoms with Crippen molar-refractivity contribution < 1.29 is 29.0 Å². The van der Waals surface area contributed by atoms with E-state index in [0.717, 1.165) is 5.56 Å². The van der Waals surface area contributed by atoms with E-state index in [9.17, 15) is 19.5 Å². The van der Waals surface area contributed by atoms with Crippen molar-refractivity contribution in [2.75, 3.05) is 18.1 Å². The maximum absolute atomic E-state index is 13.4. The molecular weight excluding hydrogens is 496 g/mol. The fraction of sp³-hybridized carbons (Fsp3) is 0.290. The number of amides is 1. The van der Waals surface area contributed by atoms with Crippen LogP contribution in [0.2, 0.25) is 0 Å². The Bertz CT molecular complexity index is 1400. The van der Waals surface area contributed by atoms with E-state index in [1.54, 1.807) is 66.9 Å². The van der Waals surface area contributed by atoms with Gasteiger partial charge in [-0.1, -0.05) is 26.8 Å². The van der Waals surface area contributed by atoms with Crippen molar-refractivity contribution in [3.63, 3.8) is 0 Å². The lowest BCUT2D eigenvalue weighted by Gasteiger charge is -2.24. The lowest BCUT2D eigenvalue weighted by atomic mass is 9.97. The van der Waals surface area contributed by atoms with Gasteiger partial charge in [-0.05, 0) is 79.4 Å². The summed E-state index contributed by atoms with van der Waals surface area (Å²) >= 11 is 0. The molecule has 1 unspecified atom stereocenters. The van der Waals surface area contributed by atoms with Gasteiger partial charge in [-0.25, -0.2) is 4.79 Å². The lowest BCUT2D eigenvalue weighted by Crippen LogP contribution is -2.29. The van der Waals surface area contributed by atoms with Gasteiger partial charge in [0.05, 0.1) is 30.0 Å². The number of aryl methyl sites for hydroxylation is 1. The van der Waals surface area contributed by atoms with E-state index in [1.165, 1.54) is 4.90 Å². The first-order valence-corrected chi connectivity index (χ1v) is 13.0. The zero-order valence-corrected chi connectivity index (χ0v) is 22.5. The minimum atomic E-state index is -0.971. The topological polar surface area (TPSA) is 106 Å². The Morgan fingerprint density at radius 2 is 1.77 bits per heavy atom. The van der Waals surface area contributed by atoms with Gasteiger partial charge in [0.2, 0.25) is 0 Å². The molecule has 1 atom stereocenters. The molecule has 1 fully saturated rings. The van der Waals surface area contributed by atoms with Crippen LogP contribution in [0.25, 0.3) is 5.76 Å². The number of Topliss-reactive ketones (excluding diaryl/α,β-unsaturated/α-hetero) is 1. The third kappa shape index (κ3) is 5.85. The summed E-state index contributed by atoms with van der Waals surface area (Å²) in [7, 11) is 0. The van der Waals surface area contributed by atoms with Crippen LogP contribution < -0.4 is 9.64 Å². The van der Waals surface area contributed by atoms with Gasteiger partial charge in [0, 0.05) is 17.4 Å². The van der Waals surface area contributed by atoms with Gasteiger partial charge in [0.1, 0.15) is 17.6 Å². The number of hydrogen-bond acceptors (Lipinski definition) is 7. The number of ether oxygens (including phenoxy) is 2. The average Bonchev–Trinajstić information content (AvgIpc) is 3.21. The summed E-state index contributed by atoms with van der Waals surface area (Å²) < 4.78 is 11.0. The second kappa shape index (κ2) is 11.9. The van der Waals surface area contributed by atoms with Crippen LogP contribution in [0, 0.1) is 12.8 Å². The molecule has 1 amide bonds. The van der Waals surface area contributed by atoms with Crippen LogP contribution >= 0.6 is 0 Å². The molecule has 3 aromatic rings. The molecule has 202 valence electrons. The number of benzene rings is 2. The molecule has 8 heteroatoms. The van der Waals surface area contributed by atoms with Crippen LogP contribution in [0.1, 0.15) is 60.4 Å². The van der Waals surface area contributed by atoms with Crippen LogP contribution in [-0.4, -0.2) is 41.0 Å². The van der Waals surface area contributed by atoms with Gasteiger partial charge >= 0.3 is 5.97 Å². The highest BCUT2D eigenvalue weighted by molar-refractivity contribution is 6.51. The predicted octanol–water partition coefficient (Wildman–Crippen LogP) is 5.62. The average molecular weight is 529 g/mol. The normalized spacial score (nSPS) is 16.5. The zero-order chi connectivity index (χ0) is 28.1. The van der Waals surface area contributed by atoms with Crippen molar-refractivity contribution in [1.29, 1.82) is 0 Å². The zero-order valence-electron chi connectivity index (χ0n) is 22.5. The number of aliphatic hydroxyl groups excluding tert-OH is 1. The molecule has 2 aromatic carbocycles. The van der Waals surface area contributed by atoms with Gasteiger partial charge in [-0.3, -0.25) is 19.5 Å². The SMILES string of the molecule is CCCOC(=O)c1ccc(N2C(=O)C(=O)/C(=C(\O)c3ccc(OCC(C)C)c(C)c3)C2c2ccccn2)cc1. The molecule has 2 heterocycles. The number of esters is 1. The molecule has 0 saturated carbocycles. The summed E-state index contributed by atoms with van der Waals surface area (Å²) in [5, 5.41) is 11.4. The number of hydrogen-bond donors (Lipinski definition) is 1. The highest BCUT2D eigenvalue weighted by atomic mass is 16.5. The Balaban J connectivity index is 1.76. The van der Waals surface area contributed by atoms with Crippen molar-refractivity contribution >= 4 is 29.1 Å². The summed E-state index contributed by atoms with van der Waals surface area (Å²) in [5.41, 5.74) is 2.23.